The largest absolute Gasteiger partial charge is 0.493 e. The number of aryl methyl sites for hydroxylation is 1. The average Bonchev–Trinajstić information content (AvgIpc) is 3.24. The van der Waals surface area contributed by atoms with Gasteiger partial charge in [0.1, 0.15) is 12.7 Å². The van der Waals surface area contributed by atoms with Crippen LogP contribution in [0.15, 0.2) is 35.8 Å². The normalized spacial score (nSPS) is 11.4. The van der Waals surface area contributed by atoms with Crippen LogP contribution in [-0.2, 0) is 13.0 Å². The van der Waals surface area contributed by atoms with Crippen LogP contribution in [0, 0.1) is 0 Å². The summed E-state index contributed by atoms with van der Waals surface area (Å²) < 4.78 is 12.7. The van der Waals surface area contributed by atoms with Crippen molar-refractivity contribution in [1.29, 1.82) is 0 Å². The summed E-state index contributed by atoms with van der Waals surface area (Å²) >= 11 is 0. The lowest BCUT2D eigenvalue weighted by atomic mass is 10.1. The maximum atomic E-state index is 5.39. The fourth-order valence-electron chi connectivity index (χ4n) is 2.84. The minimum absolute atomic E-state index is 0.751. The number of aliphatic imine (C=N–C) groups is 1. The van der Waals surface area contributed by atoms with Crippen LogP contribution in [0.25, 0.3) is 0 Å². The molecule has 0 amide bonds. The van der Waals surface area contributed by atoms with Gasteiger partial charge in [-0.2, -0.15) is 0 Å². The lowest BCUT2D eigenvalue weighted by molar-refractivity contribution is 0.354. The summed E-state index contributed by atoms with van der Waals surface area (Å²) in [4.78, 5) is 6.92. The summed E-state index contributed by atoms with van der Waals surface area (Å²) in [5.74, 6) is 2.45. The highest BCUT2D eigenvalue weighted by Crippen LogP contribution is 2.27. The third-order valence-electron chi connectivity index (χ3n) is 4.43. The van der Waals surface area contributed by atoms with E-state index in [1.807, 2.05) is 16.7 Å². The first-order valence-corrected chi connectivity index (χ1v) is 9.70. The molecule has 0 saturated heterocycles. The lowest BCUT2D eigenvalue weighted by Crippen LogP contribution is -2.40. The van der Waals surface area contributed by atoms with E-state index in [0.29, 0.717) is 0 Å². The molecule has 1 N–H and O–H groups in total. The van der Waals surface area contributed by atoms with Crippen molar-refractivity contribution in [1.82, 2.24) is 25.0 Å². The molecule has 2 rings (SSSR count). The molecule has 0 aliphatic heterocycles. The second-order valence-electron chi connectivity index (χ2n) is 6.50. The first-order chi connectivity index (χ1) is 13.7. The Morgan fingerprint density at radius 3 is 2.57 bits per heavy atom. The van der Waals surface area contributed by atoms with Gasteiger partial charge >= 0.3 is 0 Å². The van der Waals surface area contributed by atoms with E-state index < -0.39 is 0 Å². The molecule has 8 nitrogen and oxygen atoms in total. The highest BCUT2D eigenvalue weighted by molar-refractivity contribution is 5.79. The molecular formula is C20H32N6O2. The molecule has 1 aromatic heterocycles. The highest BCUT2D eigenvalue weighted by Gasteiger charge is 2.08. The van der Waals surface area contributed by atoms with Crippen molar-refractivity contribution in [2.75, 3.05) is 40.9 Å². The van der Waals surface area contributed by atoms with Crippen LogP contribution in [0.2, 0.25) is 0 Å². The number of hydrogen-bond acceptors (Lipinski definition) is 5. The Morgan fingerprint density at radius 2 is 1.89 bits per heavy atom. The van der Waals surface area contributed by atoms with Gasteiger partial charge in [0.2, 0.25) is 0 Å². The van der Waals surface area contributed by atoms with Gasteiger partial charge in [-0.1, -0.05) is 6.07 Å². The Labute approximate surface area is 167 Å². The molecule has 1 heterocycles. The second-order valence-corrected chi connectivity index (χ2v) is 6.50. The van der Waals surface area contributed by atoms with Gasteiger partial charge in [0.15, 0.2) is 17.5 Å². The molecule has 2 aromatic rings. The zero-order valence-electron chi connectivity index (χ0n) is 17.4. The van der Waals surface area contributed by atoms with E-state index >= 15 is 0 Å². The SMILES string of the molecule is CCNC(=NCCCCn1cnnc1)N(C)CCc1ccc(OC)c(OC)c1. The zero-order valence-corrected chi connectivity index (χ0v) is 17.4. The smallest absolute Gasteiger partial charge is 0.193 e. The Bertz CT molecular complexity index is 717. The molecule has 28 heavy (non-hydrogen) atoms. The van der Waals surface area contributed by atoms with Gasteiger partial charge in [-0.15, -0.1) is 10.2 Å². The molecule has 0 radical (unpaired) electrons. The second kappa shape index (κ2) is 11.8. The van der Waals surface area contributed by atoms with Crippen LogP contribution >= 0.6 is 0 Å². The van der Waals surface area contributed by atoms with E-state index in [2.05, 4.69) is 40.5 Å². The van der Waals surface area contributed by atoms with E-state index in [1.165, 1.54) is 5.56 Å². The first kappa shape index (κ1) is 21.5. The van der Waals surface area contributed by atoms with E-state index in [9.17, 15) is 0 Å². The van der Waals surface area contributed by atoms with Gasteiger partial charge < -0.3 is 24.3 Å². The number of hydrogen-bond donors (Lipinski definition) is 1. The van der Waals surface area contributed by atoms with Crippen molar-refractivity contribution in [2.45, 2.75) is 32.7 Å². The monoisotopic (exact) mass is 388 g/mol. The molecule has 1 aromatic carbocycles. The van der Waals surface area contributed by atoms with Crippen molar-refractivity contribution >= 4 is 5.96 Å². The fraction of sp³-hybridized carbons (Fsp3) is 0.550. The molecule has 8 heteroatoms. The topological polar surface area (TPSA) is 76.8 Å². The van der Waals surface area contributed by atoms with Crippen LogP contribution in [0.4, 0.5) is 0 Å². The molecule has 0 bridgehead atoms. The van der Waals surface area contributed by atoms with Gasteiger partial charge in [0, 0.05) is 33.2 Å². The number of likely N-dealkylation sites (N-methyl/N-ethyl adjacent to an activating group) is 1. The number of unbranched alkanes of at least 4 members (excludes halogenated alkanes) is 1. The highest BCUT2D eigenvalue weighted by atomic mass is 16.5. The molecule has 0 unspecified atom stereocenters. The third-order valence-corrected chi connectivity index (χ3v) is 4.43. The van der Waals surface area contributed by atoms with Gasteiger partial charge in [-0.05, 0) is 43.9 Å². The van der Waals surface area contributed by atoms with Crippen molar-refractivity contribution in [2.24, 2.45) is 4.99 Å². The summed E-state index contributed by atoms with van der Waals surface area (Å²) in [6.45, 7) is 5.52. The van der Waals surface area contributed by atoms with Crippen molar-refractivity contribution in [3.05, 3.63) is 36.4 Å². The number of methoxy groups -OCH3 is 2. The molecule has 154 valence electrons. The van der Waals surface area contributed by atoms with Crippen molar-refractivity contribution in [3.63, 3.8) is 0 Å². The molecule has 0 atom stereocenters. The standard InChI is InChI=1S/C20H32N6O2/c1-5-21-20(22-11-6-7-12-26-15-23-24-16-26)25(2)13-10-17-8-9-18(27-3)19(14-17)28-4/h8-9,14-16H,5-7,10-13H2,1-4H3,(H,21,22). The molecule has 0 aliphatic rings. The predicted octanol–water partition coefficient (Wildman–Crippen LogP) is 2.22. The Morgan fingerprint density at radius 1 is 1.14 bits per heavy atom. The number of benzene rings is 1. The maximum absolute atomic E-state index is 5.39. The van der Waals surface area contributed by atoms with E-state index in [1.54, 1.807) is 26.9 Å². The number of nitrogens with one attached hydrogen (secondary N) is 1. The Kier molecular flexibility index (Phi) is 9.10. The zero-order chi connectivity index (χ0) is 20.2. The third kappa shape index (κ3) is 6.75. The maximum Gasteiger partial charge on any atom is 0.193 e. The fourth-order valence-corrected chi connectivity index (χ4v) is 2.84. The minimum atomic E-state index is 0.751. The van der Waals surface area contributed by atoms with Gasteiger partial charge in [0.05, 0.1) is 14.2 Å². The summed E-state index contributed by atoms with van der Waals surface area (Å²) in [6.07, 6.45) is 6.46. The molecule has 0 fully saturated rings. The van der Waals surface area contributed by atoms with Gasteiger partial charge in [0.25, 0.3) is 0 Å². The molecule has 0 aliphatic carbocycles. The van der Waals surface area contributed by atoms with Crippen molar-refractivity contribution < 1.29 is 9.47 Å². The summed E-state index contributed by atoms with van der Waals surface area (Å²) in [5.41, 5.74) is 1.20. The van der Waals surface area contributed by atoms with Crippen LogP contribution in [-0.4, -0.2) is 66.5 Å². The number of nitrogens with zero attached hydrogens (tertiary/aromatic N) is 5. The lowest BCUT2D eigenvalue weighted by Gasteiger charge is -2.22. The van der Waals surface area contributed by atoms with E-state index in [-0.39, 0.29) is 0 Å². The predicted molar refractivity (Wildman–Crippen MR) is 111 cm³/mol. The van der Waals surface area contributed by atoms with Crippen LogP contribution in [0.1, 0.15) is 25.3 Å². The number of guanidine groups is 1. The molecule has 0 spiro atoms. The van der Waals surface area contributed by atoms with Gasteiger partial charge in [-0.3, -0.25) is 4.99 Å². The van der Waals surface area contributed by atoms with E-state index in [4.69, 9.17) is 14.5 Å². The van der Waals surface area contributed by atoms with Crippen molar-refractivity contribution in [3.8, 4) is 11.5 Å². The quantitative estimate of drug-likeness (QED) is 0.361. The summed E-state index contributed by atoms with van der Waals surface area (Å²) in [5, 5.41) is 11.0. The van der Waals surface area contributed by atoms with Crippen LogP contribution < -0.4 is 14.8 Å². The summed E-state index contributed by atoms with van der Waals surface area (Å²) in [6, 6.07) is 6.05. The number of ether oxygens (including phenoxy) is 2. The first-order valence-electron chi connectivity index (χ1n) is 9.70. The number of rotatable bonds is 11. The van der Waals surface area contributed by atoms with Gasteiger partial charge in [-0.25, -0.2) is 0 Å². The van der Waals surface area contributed by atoms with Crippen LogP contribution in [0.5, 0.6) is 11.5 Å². The summed E-state index contributed by atoms with van der Waals surface area (Å²) in [7, 11) is 5.38. The molecular weight excluding hydrogens is 356 g/mol. The minimum Gasteiger partial charge on any atom is -0.493 e. The molecule has 0 saturated carbocycles. The Balaban J connectivity index is 1.82. The average molecular weight is 389 g/mol. The Hall–Kier alpha value is -2.77. The van der Waals surface area contributed by atoms with E-state index in [0.717, 1.165) is 62.9 Å². The number of aromatic nitrogens is 3. The van der Waals surface area contributed by atoms with Crippen LogP contribution in [0.3, 0.4) is 0 Å².